The first-order valence-electron chi connectivity index (χ1n) is 14.7. The van der Waals surface area contributed by atoms with E-state index in [1.165, 1.54) is 87.5 Å². The largest absolute Gasteiger partial charge is 0.454 e. The topological polar surface area (TPSA) is 80.7 Å². The maximum atomic E-state index is 13.5. The van der Waals surface area contributed by atoms with E-state index in [4.69, 9.17) is 4.55 Å². The smallest absolute Gasteiger partial charge is 0.402 e. The van der Waals surface area contributed by atoms with E-state index >= 15 is 0 Å². The number of hydrogen-bond donors (Lipinski definition) is 1. The zero-order valence-electron chi connectivity index (χ0n) is 23.5. The molecule has 2 aliphatic carbocycles. The van der Waals surface area contributed by atoms with Gasteiger partial charge in [-0.1, -0.05) is 62.8 Å². The van der Waals surface area contributed by atoms with Crippen LogP contribution in [-0.2, 0) is 25.7 Å². The molecule has 2 saturated carbocycles. The van der Waals surface area contributed by atoms with Gasteiger partial charge >= 0.3 is 21.3 Å². The Balaban J connectivity index is 1.40. The van der Waals surface area contributed by atoms with Crippen LogP contribution in [0.3, 0.4) is 0 Å². The minimum Gasteiger partial charge on any atom is -0.454 e. The van der Waals surface area contributed by atoms with Crippen LogP contribution in [0.1, 0.15) is 97.5 Å². The summed E-state index contributed by atoms with van der Waals surface area (Å²) in [5, 5.41) is -4.58. The Morgan fingerprint density at radius 2 is 1.10 bits per heavy atom. The maximum absolute atomic E-state index is 13.5. The van der Waals surface area contributed by atoms with E-state index in [0.29, 0.717) is 11.8 Å². The summed E-state index contributed by atoms with van der Waals surface area (Å²) in [6.45, 7) is -1.77. The van der Waals surface area contributed by atoms with Gasteiger partial charge in [-0.25, -0.2) is 4.79 Å². The van der Waals surface area contributed by atoms with E-state index in [2.05, 4.69) is 53.3 Å². The molecular formula is C33H37F2O5S2+. The predicted molar refractivity (Wildman–Crippen MR) is 160 cm³/mol. The molecule has 0 heterocycles. The van der Waals surface area contributed by atoms with Crippen molar-refractivity contribution in [3.63, 3.8) is 0 Å². The second kappa shape index (κ2) is 13.3. The third kappa shape index (κ3) is 7.24. The Bertz CT molecular complexity index is 1380. The highest BCUT2D eigenvalue weighted by molar-refractivity contribution is 7.97. The van der Waals surface area contributed by atoms with Gasteiger partial charge in [-0.3, -0.25) is 4.55 Å². The summed E-state index contributed by atoms with van der Waals surface area (Å²) < 4.78 is 61.9. The molecule has 0 aromatic heterocycles. The Hall–Kier alpha value is -2.75. The lowest BCUT2D eigenvalue weighted by atomic mass is 9.84. The monoisotopic (exact) mass is 615 g/mol. The number of rotatable bonds is 9. The fourth-order valence-electron chi connectivity index (χ4n) is 6.07. The van der Waals surface area contributed by atoms with Crippen molar-refractivity contribution in [3.8, 4) is 0 Å². The molecule has 0 aliphatic heterocycles. The molecule has 0 saturated heterocycles. The minimum atomic E-state index is -5.69. The third-order valence-corrected chi connectivity index (χ3v) is 11.6. The number of halogens is 2. The summed E-state index contributed by atoms with van der Waals surface area (Å²) in [6.07, 6.45) is 12.6. The molecule has 3 aromatic rings. The van der Waals surface area contributed by atoms with Gasteiger partial charge < -0.3 is 4.74 Å². The highest BCUT2D eigenvalue weighted by Crippen LogP contribution is 2.38. The van der Waals surface area contributed by atoms with E-state index in [1.54, 1.807) is 12.1 Å². The summed E-state index contributed by atoms with van der Waals surface area (Å²) in [6, 6.07) is 24.3. The van der Waals surface area contributed by atoms with Crippen molar-refractivity contribution in [2.24, 2.45) is 0 Å². The van der Waals surface area contributed by atoms with Gasteiger partial charge in [-0.15, -0.1) is 0 Å². The molecule has 224 valence electrons. The first kappa shape index (κ1) is 30.7. The molecule has 2 fully saturated rings. The highest BCUT2D eigenvalue weighted by atomic mass is 32.2. The lowest BCUT2D eigenvalue weighted by Crippen LogP contribution is -2.34. The summed E-state index contributed by atoms with van der Waals surface area (Å²) >= 11 is 0. The Morgan fingerprint density at radius 1 is 0.714 bits per heavy atom. The number of ether oxygens (including phenoxy) is 1. The second-order valence-electron chi connectivity index (χ2n) is 11.3. The molecule has 0 unspecified atom stereocenters. The summed E-state index contributed by atoms with van der Waals surface area (Å²) in [5.74, 6) is 0.101. The maximum Gasteiger partial charge on any atom is 0.402 e. The van der Waals surface area contributed by atoms with Crippen LogP contribution >= 0.6 is 0 Å². The first-order chi connectivity index (χ1) is 20.1. The molecule has 9 heteroatoms. The molecule has 3 aromatic carbocycles. The van der Waals surface area contributed by atoms with E-state index in [9.17, 15) is 22.0 Å². The quantitative estimate of drug-likeness (QED) is 0.148. The molecular weight excluding hydrogens is 578 g/mol. The molecule has 5 nitrogen and oxygen atoms in total. The fourth-order valence-corrected chi connectivity index (χ4v) is 8.32. The lowest BCUT2D eigenvalue weighted by molar-refractivity contribution is -0.00950. The number of carbonyl (C=O) groups excluding carboxylic acids is 1. The molecule has 0 spiro atoms. The average molecular weight is 616 g/mol. The van der Waals surface area contributed by atoms with Crippen LogP contribution in [0, 0.1) is 0 Å². The molecule has 1 N–H and O–H groups in total. The summed E-state index contributed by atoms with van der Waals surface area (Å²) in [7, 11) is -6.17. The SMILES string of the molecule is O=C(OCC(F)(F)S(=O)(=O)O)c1ccc([S+](c2ccc(C3CCCCC3)cc2)c2ccc(C3CCCCC3)cc2)cc1. The van der Waals surface area contributed by atoms with E-state index < -0.39 is 38.8 Å². The van der Waals surface area contributed by atoms with E-state index in [0.717, 1.165) is 14.7 Å². The van der Waals surface area contributed by atoms with Gasteiger partial charge in [0.25, 0.3) is 0 Å². The molecule has 5 rings (SSSR count). The zero-order chi connectivity index (χ0) is 29.7. The standard InChI is InChI=1S/C33H36F2O5S2/c34-33(35,42(37,38)39)23-40-32(36)28-15-21-31(22-16-28)41(29-17-11-26(12-18-29)24-7-3-1-4-8-24)30-19-13-27(14-20-30)25-9-5-2-6-10-25/h11-22,24-25H,1-10,23H2/p+1. The zero-order valence-corrected chi connectivity index (χ0v) is 25.1. The van der Waals surface area contributed by atoms with Crippen LogP contribution in [0.4, 0.5) is 8.78 Å². The summed E-state index contributed by atoms with van der Waals surface area (Å²) in [5.41, 5.74) is 2.75. The fraction of sp³-hybridized carbons (Fsp3) is 0.424. The van der Waals surface area contributed by atoms with Crippen LogP contribution in [0.5, 0.6) is 0 Å². The van der Waals surface area contributed by atoms with Crippen LogP contribution in [-0.4, -0.2) is 30.8 Å². The second-order valence-corrected chi connectivity index (χ2v) is 14.9. The van der Waals surface area contributed by atoms with Crippen LogP contribution < -0.4 is 0 Å². The minimum absolute atomic E-state index is 0.00808. The molecule has 2 aliphatic rings. The van der Waals surface area contributed by atoms with Gasteiger partial charge in [0.15, 0.2) is 21.3 Å². The van der Waals surface area contributed by atoms with Crippen molar-refractivity contribution in [2.75, 3.05) is 6.61 Å². The average Bonchev–Trinajstić information content (AvgIpc) is 3.01. The van der Waals surface area contributed by atoms with Crippen molar-refractivity contribution < 1.29 is 31.3 Å². The number of esters is 1. The highest BCUT2D eigenvalue weighted by Gasteiger charge is 2.45. The van der Waals surface area contributed by atoms with Crippen molar-refractivity contribution in [1.29, 1.82) is 0 Å². The first-order valence-corrected chi connectivity index (χ1v) is 17.4. The van der Waals surface area contributed by atoms with E-state index in [-0.39, 0.29) is 5.56 Å². The molecule has 0 amide bonds. The molecule has 0 radical (unpaired) electrons. The number of alkyl halides is 2. The number of carbonyl (C=O) groups is 1. The Labute approximate surface area is 249 Å². The van der Waals surface area contributed by atoms with Gasteiger partial charge in [0.1, 0.15) is 0 Å². The normalized spacial score (nSPS) is 17.3. The van der Waals surface area contributed by atoms with Gasteiger partial charge in [0, 0.05) is 0 Å². The molecule has 0 bridgehead atoms. The van der Waals surface area contributed by atoms with Crippen molar-refractivity contribution in [1.82, 2.24) is 0 Å². The van der Waals surface area contributed by atoms with Gasteiger partial charge in [-0.05, 0) is 97.2 Å². The van der Waals surface area contributed by atoms with E-state index in [1.807, 2.05) is 0 Å². The predicted octanol–water partition coefficient (Wildman–Crippen LogP) is 8.51. The van der Waals surface area contributed by atoms with Crippen LogP contribution in [0.15, 0.2) is 87.5 Å². The third-order valence-electron chi connectivity index (χ3n) is 8.46. The Kier molecular flexibility index (Phi) is 9.70. The molecule has 0 atom stereocenters. The number of benzene rings is 3. The van der Waals surface area contributed by atoms with Crippen LogP contribution in [0.2, 0.25) is 0 Å². The lowest BCUT2D eigenvalue weighted by Gasteiger charge is -2.22. The van der Waals surface area contributed by atoms with Gasteiger partial charge in [-0.2, -0.15) is 17.2 Å². The van der Waals surface area contributed by atoms with Crippen molar-refractivity contribution in [3.05, 3.63) is 89.5 Å². The molecule has 42 heavy (non-hydrogen) atoms. The van der Waals surface area contributed by atoms with Gasteiger partial charge in [0.05, 0.1) is 16.5 Å². The van der Waals surface area contributed by atoms with Gasteiger partial charge in [0.2, 0.25) is 0 Å². The van der Waals surface area contributed by atoms with Crippen molar-refractivity contribution >= 4 is 27.0 Å². The van der Waals surface area contributed by atoms with Crippen molar-refractivity contribution in [2.45, 2.75) is 96.0 Å². The Morgan fingerprint density at radius 3 is 1.48 bits per heavy atom. The number of hydrogen-bond acceptors (Lipinski definition) is 4. The summed E-state index contributed by atoms with van der Waals surface area (Å²) in [4.78, 5) is 15.6. The van der Waals surface area contributed by atoms with Crippen LogP contribution in [0.25, 0.3) is 0 Å².